The summed E-state index contributed by atoms with van der Waals surface area (Å²) < 4.78 is 10.9. The summed E-state index contributed by atoms with van der Waals surface area (Å²) in [5, 5.41) is 2.76. The lowest BCUT2D eigenvalue weighted by molar-refractivity contribution is -0.143. The Hall–Kier alpha value is -3.26. The number of amides is 1. The minimum absolute atomic E-state index is 0.101. The van der Waals surface area contributed by atoms with Gasteiger partial charge in [-0.3, -0.25) is 19.5 Å². The molecule has 0 spiro atoms. The van der Waals surface area contributed by atoms with Crippen molar-refractivity contribution < 1.29 is 19.1 Å². The lowest BCUT2D eigenvalue weighted by Crippen LogP contribution is -2.42. The number of ether oxygens (including phenoxy) is 2. The molecule has 0 fully saturated rings. The smallest absolute Gasteiger partial charge is 0.326 e. The first-order valence-corrected chi connectivity index (χ1v) is 11.6. The first kappa shape index (κ1) is 22.0. The molecular weight excluding hydrogens is 426 g/mol. The highest BCUT2D eigenvalue weighted by Crippen LogP contribution is 2.37. The van der Waals surface area contributed by atoms with Gasteiger partial charge >= 0.3 is 5.97 Å². The maximum absolute atomic E-state index is 12.5. The number of unbranched alkanes of at least 4 members (excludes halogenated alkanes) is 3. The summed E-state index contributed by atoms with van der Waals surface area (Å²) in [6.07, 6.45) is 5.84. The summed E-state index contributed by atoms with van der Waals surface area (Å²) in [4.78, 5) is 35.3. The van der Waals surface area contributed by atoms with Crippen molar-refractivity contribution >= 4 is 28.9 Å². The van der Waals surface area contributed by atoms with Crippen LogP contribution in [0.3, 0.4) is 0 Å². The molecule has 0 bridgehead atoms. The van der Waals surface area contributed by atoms with E-state index in [0.717, 1.165) is 47.6 Å². The van der Waals surface area contributed by atoms with Gasteiger partial charge in [-0.2, -0.15) is 0 Å². The maximum Gasteiger partial charge on any atom is 0.326 e. The van der Waals surface area contributed by atoms with Crippen molar-refractivity contribution in [1.29, 1.82) is 0 Å². The average molecular weight is 452 g/mol. The number of aromatic nitrogens is 2. The zero-order valence-corrected chi connectivity index (χ0v) is 18.8. The standard InChI is InChI=1S/C24H25N3O4S/c1-2-3-4-7-12-30-23(29)14-27-20-13-17(9-10-21(20)31-15-22(27)28)19-16-32-24(26-19)18-8-5-6-11-25-18/h5-6,8-11,13,16H,2-4,7,12,14-15H2,1H3. The molecule has 0 atom stereocenters. The highest BCUT2D eigenvalue weighted by Gasteiger charge is 2.28. The molecule has 32 heavy (non-hydrogen) atoms. The molecule has 0 N–H and O–H groups in total. The number of pyridine rings is 1. The quantitative estimate of drug-likeness (QED) is 0.346. The van der Waals surface area contributed by atoms with Gasteiger partial charge in [-0.25, -0.2) is 4.98 Å². The summed E-state index contributed by atoms with van der Waals surface area (Å²) in [5.41, 5.74) is 2.96. The first-order valence-electron chi connectivity index (χ1n) is 10.8. The van der Waals surface area contributed by atoms with Crippen LogP contribution in [-0.2, 0) is 14.3 Å². The van der Waals surface area contributed by atoms with E-state index < -0.39 is 5.97 Å². The normalized spacial score (nSPS) is 12.9. The van der Waals surface area contributed by atoms with Gasteiger partial charge in [0.15, 0.2) is 6.61 Å². The molecule has 3 aromatic rings. The van der Waals surface area contributed by atoms with Crippen LogP contribution in [0.2, 0.25) is 0 Å². The van der Waals surface area contributed by atoms with E-state index in [9.17, 15) is 9.59 Å². The minimum atomic E-state index is -0.417. The number of esters is 1. The molecule has 2 aromatic heterocycles. The Morgan fingerprint density at radius 2 is 2.09 bits per heavy atom. The lowest BCUT2D eigenvalue weighted by Gasteiger charge is -2.29. The molecular formula is C24H25N3O4S. The third-order valence-corrected chi connectivity index (χ3v) is 6.00. The van der Waals surface area contributed by atoms with Crippen LogP contribution in [0, 0.1) is 0 Å². The van der Waals surface area contributed by atoms with Crippen molar-refractivity contribution in [2.24, 2.45) is 0 Å². The van der Waals surface area contributed by atoms with Crippen LogP contribution in [0.5, 0.6) is 5.75 Å². The molecule has 7 nitrogen and oxygen atoms in total. The number of hydrogen-bond donors (Lipinski definition) is 0. The van der Waals surface area contributed by atoms with Gasteiger partial charge in [0.1, 0.15) is 17.3 Å². The highest BCUT2D eigenvalue weighted by molar-refractivity contribution is 7.13. The van der Waals surface area contributed by atoms with Crippen LogP contribution in [0.1, 0.15) is 32.6 Å². The van der Waals surface area contributed by atoms with Crippen LogP contribution in [0.4, 0.5) is 5.69 Å². The van der Waals surface area contributed by atoms with Crippen molar-refractivity contribution in [2.75, 3.05) is 24.7 Å². The van der Waals surface area contributed by atoms with Crippen molar-refractivity contribution in [3.05, 3.63) is 48.0 Å². The molecule has 0 saturated carbocycles. The number of fused-ring (bicyclic) bond motifs is 1. The molecule has 3 heterocycles. The second kappa shape index (κ2) is 10.4. The van der Waals surface area contributed by atoms with E-state index in [1.807, 2.05) is 35.7 Å². The van der Waals surface area contributed by atoms with Gasteiger partial charge in [-0.05, 0) is 36.8 Å². The number of anilines is 1. The van der Waals surface area contributed by atoms with E-state index in [1.165, 1.54) is 16.2 Å². The van der Waals surface area contributed by atoms with E-state index in [2.05, 4.69) is 16.9 Å². The fourth-order valence-corrected chi connectivity index (χ4v) is 4.24. The van der Waals surface area contributed by atoms with Crippen molar-refractivity contribution in [3.63, 3.8) is 0 Å². The number of benzene rings is 1. The first-order chi connectivity index (χ1) is 15.7. The van der Waals surface area contributed by atoms with Crippen LogP contribution in [-0.4, -0.2) is 41.6 Å². The second-order valence-corrected chi connectivity index (χ2v) is 8.34. The average Bonchev–Trinajstić information content (AvgIpc) is 3.31. The van der Waals surface area contributed by atoms with E-state index in [0.29, 0.717) is 18.0 Å². The Balaban J connectivity index is 1.50. The summed E-state index contributed by atoms with van der Waals surface area (Å²) in [5.74, 6) is -0.131. The Labute approximate surface area is 191 Å². The number of nitrogens with zero attached hydrogens (tertiary/aromatic N) is 3. The van der Waals surface area contributed by atoms with E-state index >= 15 is 0 Å². The van der Waals surface area contributed by atoms with E-state index in [1.54, 1.807) is 12.3 Å². The number of carbonyl (C=O) groups excluding carboxylic acids is 2. The Bertz CT molecular complexity index is 1080. The van der Waals surface area contributed by atoms with Gasteiger partial charge in [0.25, 0.3) is 5.91 Å². The van der Waals surface area contributed by atoms with E-state index in [-0.39, 0.29) is 19.1 Å². The lowest BCUT2D eigenvalue weighted by atomic mass is 10.1. The SMILES string of the molecule is CCCCCCOC(=O)CN1C(=O)COc2ccc(-c3csc(-c4ccccn4)n3)cc21. The summed E-state index contributed by atoms with van der Waals surface area (Å²) >= 11 is 1.50. The van der Waals surface area contributed by atoms with Crippen LogP contribution < -0.4 is 9.64 Å². The second-order valence-electron chi connectivity index (χ2n) is 7.49. The topological polar surface area (TPSA) is 81.6 Å². The van der Waals surface area contributed by atoms with Gasteiger partial charge in [0.05, 0.1) is 23.7 Å². The summed E-state index contributed by atoms with van der Waals surface area (Å²) in [7, 11) is 0. The number of hydrogen-bond acceptors (Lipinski definition) is 7. The third kappa shape index (κ3) is 5.13. The zero-order chi connectivity index (χ0) is 22.3. The zero-order valence-electron chi connectivity index (χ0n) is 18.0. The summed E-state index contributed by atoms with van der Waals surface area (Å²) in [6.45, 7) is 2.27. The predicted molar refractivity (Wildman–Crippen MR) is 124 cm³/mol. The molecule has 0 unspecified atom stereocenters. The Morgan fingerprint density at radius 3 is 2.91 bits per heavy atom. The van der Waals surface area contributed by atoms with Gasteiger partial charge in [-0.1, -0.05) is 32.3 Å². The van der Waals surface area contributed by atoms with Gasteiger partial charge < -0.3 is 9.47 Å². The predicted octanol–water partition coefficient (Wildman–Crippen LogP) is 4.72. The molecule has 1 aliphatic rings. The van der Waals surface area contributed by atoms with Crippen LogP contribution in [0.25, 0.3) is 22.0 Å². The van der Waals surface area contributed by atoms with Crippen molar-refractivity contribution in [1.82, 2.24) is 9.97 Å². The third-order valence-electron chi connectivity index (χ3n) is 5.13. The molecule has 4 rings (SSSR count). The Kier molecular flexibility index (Phi) is 7.11. The fraction of sp³-hybridized carbons (Fsp3) is 0.333. The Morgan fingerprint density at radius 1 is 1.19 bits per heavy atom. The number of carbonyl (C=O) groups is 2. The monoisotopic (exact) mass is 451 g/mol. The fourth-order valence-electron chi connectivity index (χ4n) is 3.44. The molecule has 0 saturated heterocycles. The molecule has 1 amide bonds. The molecule has 8 heteroatoms. The van der Waals surface area contributed by atoms with E-state index in [4.69, 9.17) is 9.47 Å². The van der Waals surface area contributed by atoms with Gasteiger partial charge in [0.2, 0.25) is 0 Å². The highest BCUT2D eigenvalue weighted by atomic mass is 32.1. The molecule has 0 aliphatic carbocycles. The number of rotatable bonds is 9. The van der Waals surface area contributed by atoms with Crippen LogP contribution >= 0.6 is 11.3 Å². The molecule has 166 valence electrons. The maximum atomic E-state index is 12.5. The van der Waals surface area contributed by atoms with Crippen LogP contribution in [0.15, 0.2) is 48.0 Å². The summed E-state index contributed by atoms with van der Waals surface area (Å²) in [6, 6.07) is 11.2. The number of thiazole rings is 1. The molecule has 1 aliphatic heterocycles. The van der Waals surface area contributed by atoms with Gasteiger partial charge in [-0.15, -0.1) is 11.3 Å². The van der Waals surface area contributed by atoms with Crippen molar-refractivity contribution in [2.45, 2.75) is 32.6 Å². The largest absolute Gasteiger partial charge is 0.482 e. The minimum Gasteiger partial charge on any atom is -0.482 e. The van der Waals surface area contributed by atoms with Crippen molar-refractivity contribution in [3.8, 4) is 27.7 Å². The van der Waals surface area contributed by atoms with Gasteiger partial charge in [0, 0.05) is 17.1 Å². The molecule has 1 aromatic carbocycles. The molecule has 0 radical (unpaired) electrons.